The van der Waals surface area contributed by atoms with Crippen molar-refractivity contribution in [3.8, 4) is 17.7 Å². The Morgan fingerprint density at radius 1 is 1.11 bits per heavy atom. The lowest BCUT2D eigenvalue weighted by Crippen LogP contribution is -2.28. The second kappa shape index (κ2) is 9.82. The normalized spacial score (nSPS) is 11.0. The van der Waals surface area contributed by atoms with Crippen LogP contribution in [-0.4, -0.2) is 52.3 Å². The average molecular weight is 504 g/mol. The van der Waals surface area contributed by atoms with Gasteiger partial charge >= 0.3 is 6.09 Å². The summed E-state index contributed by atoms with van der Waals surface area (Å²) in [6, 6.07) is 5.91. The monoisotopic (exact) mass is 504 g/mol. The van der Waals surface area contributed by atoms with Gasteiger partial charge < -0.3 is 10.1 Å². The third-order valence-corrected chi connectivity index (χ3v) is 4.78. The molecule has 4 heterocycles. The van der Waals surface area contributed by atoms with Crippen molar-refractivity contribution in [3.63, 3.8) is 0 Å². The molecule has 0 aromatic carbocycles. The van der Waals surface area contributed by atoms with E-state index in [1.807, 2.05) is 6.07 Å². The van der Waals surface area contributed by atoms with E-state index in [9.17, 15) is 19.2 Å². The molecule has 4 aromatic rings. The number of pyridine rings is 2. The van der Waals surface area contributed by atoms with E-state index in [0.29, 0.717) is 5.69 Å². The first-order chi connectivity index (χ1) is 17.6. The van der Waals surface area contributed by atoms with Crippen LogP contribution in [0, 0.1) is 24.1 Å². The first kappa shape index (κ1) is 24.9. The van der Waals surface area contributed by atoms with Crippen LogP contribution in [0.1, 0.15) is 42.4 Å². The van der Waals surface area contributed by atoms with Crippen LogP contribution in [0.5, 0.6) is 0 Å². The fourth-order valence-electron chi connectivity index (χ4n) is 3.19. The molecule has 0 radical (unpaired) electrons. The number of hydrogen-bond donors (Lipinski definition) is 2. The van der Waals surface area contributed by atoms with Crippen LogP contribution in [0.2, 0.25) is 0 Å². The van der Waals surface area contributed by atoms with E-state index in [-0.39, 0.29) is 34.3 Å². The van der Waals surface area contributed by atoms with E-state index in [1.54, 1.807) is 27.7 Å². The molecular weight excluding hydrogens is 483 g/mol. The zero-order valence-corrected chi connectivity index (χ0v) is 20.2. The van der Waals surface area contributed by atoms with Gasteiger partial charge in [0.15, 0.2) is 23.3 Å². The number of nitrogens with zero attached hydrogens (tertiary/aromatic N) is 8. The van der Waals surface area contributed by atoms with E-state index in [1.165, 1.54) is 46.4 Å². The summed E-state index contributed by atoms with van der Waals surface area (Å²) < 4.78 is 20.7. The van der Waals surface area contributed by atoms with Crippen molar-refractivity contribution in [2.75, 3.05) is 10.6 Å². The first-order valence-corrected chi connectivity index (χ1v) is 10.9. The molecule has 0 unspecified atom stereocenters. The second-order valence-corrected chi connectivity index (χ2v) is 8.66. The molecule has 0 spiro atoms. The Hall–Kier alpha value is -5.19. The van der Waals surface area contributed by atoms with Crippen LogP contribution in [0.3, 0.4) is 0 Å². The molecule has 0 atom stereocenters. The number of nitriles is 1. The first-order valence-electron chi connectivity index (χ1n) is 10.9. The summed E-state index contributed by atoms with van der Waals surface area (Å²) in [7, 11) is 0. The van der Waals surface area contributed by atoms with Gasteiger partial charge in [-0.15, -0.1) is 4.80 Å². The molecule has 4 aromatic heterocycles. The van der Waals surface area contributed by atoms with Gasteiger partial charge in [0.05, 0.1) is 41.7 Å². The number of carbonyl (C=O) groups is 2. The quantitative estimate of drug-likeness (QED) is 0.415. The Labute approximate surface area is 209 Å². The van der Waals surface area contributed by atoms with Gasteiger partial charge in [-0.05, 0) is 45.9 Å². The summed E-state index contributed by atoms with van der Waals surface area (Å²) in [5, 5.41) is 26.5. The van der Waals surface area contributed by atoms with E-state index in [2.05, 4.69) is 35.9 Å². The molecule has 0 saturated heterocycles. The second-order valence-electron chi connectivity index (χ2n) is 8.66. The zero-order chi connectivity index (χ0) is 26.7. The van der Waals surface area contributed by atoms with Gasteiger partial charge in [0.25, 0.3) is 5.91 Å². The Balaban J connectivity index is 1.55. The molecule has 0 bridgehead atoms. The minimum absolute atomic E-state index is 0.155. The fraction of sp³-hybridized carbons (Fsp3) is 0.217. The Kier molecular flexibility index (Phi) is 6.61. The highest BCUT2D eigenvalue weighted by Crippen LogP contribution is 2.20. The third-order valence-electron chi connectivity index (χ3n) is 4.78. The zero-order valence-electron chi connectivity index (χ0n) is 20.2. The predicted octanol–water partition coefficient (Wildman–Crippen LogP) is 3.16. The number of aromatic nitrogens is 7. The van der Waals surface area contributed by atoms with E-state index in [4.69, 9.17) is 4.74 Å². The standard InChI is InChI=1S/C23H21FN10O3/c1-13-16(21(35)30-15-9-14(10-25)20(26-11-15)34-27-7-8-28-34)12-29-33(13)18-6-5-17(24)19(31-18)32-22(36)37-23(2,3)4/h5-9,11-12H,1-4H3,(H,30,35)(H,31,32,36). The lowest BCUT2D eigenvalue weighted by atomic mass is 10.2. The summed E-state index contributed by atoms with van der Waals surface area (Å²) >= 11 is 0. The van der Waals surface area contributed by atoms with Gasteiger partial charge in [0.2, 0.25) is 0 Å². The van der Waals surface area contributed by atoms with Crippen molar-refractivity contribution >= 4 is 23.5 Å². The minimum Gasteiger partial charge on any atom is -0.444 e. The SMILES string of the molecule is Cc1c(C(=O)Nc2cnc(-n3nccn3)c(C#N)c2)cnn1-c1ccc(F)c(NC(=O)OC(C)(C)C)n1. The lowest BCUT2D eigenvalue weighted by molar-refractivity contribution is 0.0634. The maximum atomic E-state index is 14.3. The summed E-state index contributed by atoms with van der Waals surface area (Å²) in [4.78, 5) is 34.4. The number of rotatable bonds is 5. The molecule has 0 aliphatic heterocycles. The number of halogens is 1. The smallest absolute Gasteiger partial charge is 0.413 e. The fourth-order valence-corrected chi connectivity index (χ4v) is 3.19. The lowest BCUT2D eigenvalue weighted by Gasteiger charge is -2.19. The van der Waals surface area contributed by atoms with Crippen LogP contribution >= 0.6 is 0 Å². The third kappa shape index (κ3) is 5.56. The highest BCUT2D eigenvalue weighted by molar-refractivity contribution is 6.05. The summed E-state index contributed by atoms with van der Waals surface area (Å²) in [6.07, 6.45) is 4.72. The maximum Gasteiger partial charge on any atom is 0.413 e. The topological polar surface area (TPSA) is 166 Å². The highest BCUT2D eigenvalue weighted by atomic mass is 19.1. The van der Waals surface area contributed by atoms with Crippen molar-refractivity contribution in [1.82, 2.24) is 34.7 Å². The van der Waals surface area contributed by atoms with Crippen molar-refractivity contribution in [3.05, 3.63) is 65.6 Å². The van der Waals surface area contributed by atoms with Gasteiger partial charge in [-0.2, -0.15) is 20.6 Å². The Bertz CT molecular complexity index is 1520. The van der Waals surface area contributed by atoms with E-state index < -0.39 is 23.4 Å². The van der Waals surface area contributed by atoms with Crippen LogP contribution in [-0.2, 0) is 4.74 Å². The van der Waals surface area contributed by atoms with Gasteiger partial charge in [-0.25, -0.2) is 23.8 Å². The molecule has 2 amide bonds. The van der Waals surface area contributed by atoms with Gasteiger partial charge in [0, 0.05) is 0 Å². The van der Waals surface area contributed by atoms with Crippen molar-refractivity contribution in [1.29, 1.82) is 5.26 Å². The molecular formula is C23H21FN10O3. The molecule has 188 valence electrons. The summed E-state index contributed by atoms with van der Waals surface area (Å²) in [6.45, 7) is 6.65. The Morgan fingerprint density at radius 2 is 1.84 bits per heavy atom. The minimum atomic E-state index is -0.868. The summed E-state index contributed by atoms with van der Waals surface area (Å²) in [5.74, 6) is -1.27. The number of ether oxygens (including phenoxy) is 1. The highest BCUT2D eigenvalue weighted by Gasteiger charge is 2.21. The summed E-state index contributed by atoms with van der Waals surface area (Å²) in [5.41, 5.74) is 0.240. The number of amides is 2. The number of carbonyl (C=O) groups excluding carboxylic acids is 2. The van der Waals surface area contributed by atoms with Crippen LogP contribution in [0.4, 0.5) is 20.7 Å². The van der Waals surface area contributed by atoms with E-state index in [0.717, 1.165) is 6.07 Å². The molecule has 13 nitrogen and oxygen atoms in total. The maximum absolute atomic E-state index is 14.3. The molecule has 0 saturated carbocycles. The Morgan fingerprint density at radius 3 is 2.51 bits per heavy atom. The molecule has 14 heteroatoms. The van der Waals surface area contributed by atoms with Gasteiger partial charge in [-0.3, -0.25) is 10.1 Å². The molecule has 2 N–H and O–H groups in total. The van der Waals surface area contributed by atoms with Gasteiger partial charge in [0.1, 0.15) is 17.2 Å². The van der Waals surface area contributed by atoms with Gasteiger partial charge in [-0.1, -0.05) is 0 Å². The largest absolute Gasteiger partial charge is 0.444 e. The van der Waals surface area contributed by atoms with Crippen LogP contribution in [0.25, 0.3) is 11.6 Å². The number of hydrogen-bond acceptors (Lipinski definition) is 9. The molecule has 37 heavy (non-hydrogen) atoms. The van der Waals surface area contributed by atoms with Crippen molar-refractivity contribution in [2.45, 2.75) is 33.3 Å². The van der Waals surface area contributed by atoms with Crippen LogP contribution < -0.4 is 10.6 Å². The molecule has 4 rings (SSSR count). The molecule has 0 fully saturated rings. The number of anilines is 2. The molecule has 0 aliphatic rings. The van der Waals surface area contributed by atoms with Crippen molar-refractivity contribution < 1.29 is 18.7 Å². The predicted molar refractivity (Wildman–Crippen MR) is 128 cm³/mol. The molecule has 0 aliphatic carbocycles. The van der Waals surface area contributed by atoms with Crippen molar-refractivity contribution in [2.24, 2.45) is 0 Å². The van der Waals surface area contributed by atoms with E-state index >= 15 is 0 Å². The van der Waals surface area contributed by atoms with Crippen LogP contribution in [0.15, 0.2) is 43.0 Å². The average Bonchev–Trinajstić information content (AvgIpc) is 3.49. The number of nitrogens with one attached hydrogen (secondary N) is 2.